The van der Waals surface area contributed by atoms with Gasteiger partial charge in [0.15, 0.2) is 16.7 Å². The number of nitrogens with one attached hydrogen (secondary N) is 2. The number of rotatable bonds is 9. The van der Waals surface area contributed by atoms with Crippen molar-refractivity contribution in [2.24, 2.45) is 0 Å². The van der Waals surface area contributed by atoms with Crippen LogP contribution in [0.15, 0.2) is 63.7 Å². The van der Waals surface area contributed by atoms with E-state index < -0.39 is 11.9 Å². The number of aromatic amines is 1. The number of allylic oxidation sites excluding steroid dienone is 1. The topological polar surface area (TPSA) is 112 Å². The maximum absolute atomic E-state index is 13.5. The molecular formula is C27H29N3O6S. The minimum absolute atomic E-state index is 0.189. The highest BCUT2D eigenvalue weighted by atomic mass is 32.2. The first kappa shape index (κ1) is 26.2. The van der Waals surface area contributed by atoms with Crippen molar-refractivity contribution in [1.82, 2.24) is 9.97 Å². The van der Waals surface area contributed by atoms with E-state index in [0.29, 0.717) is 56.4 Å². The van der Waals surface area contributed by atoms with Crippen LogP contribution in [0, 0.1) is 0 Å². The van der Waals surface area contributed by atoms with Crippen LogP contribution in [0.4, 0.5) is 5.82 Å². The predicted octanol–water partition coefficient (Wildman–Crippen LogP) is 4.48. The number of fused-ring (bicyclic) bond motifs is 1. The lowest BCUT2D eigenvalue weighted by Crippen LogP contribution is -2.31. The van der Waals surface area contributed by atoms with Gasteiger partial charge in [-0.3, -0.25) is 4.79 Å². The Morgan fingerprint density at radius 2 is 1.73 bits per heavy atom. The van der Waals surface area contributed by atoms with Gasteiger partial charge in [0.05, 0.1) is 45.0 Å². The fourth-order valence-corrected chi connectivity index (χ4v) is 5.12. The number of aromatic nitrogens is 2. The summed E-state index contributed by atoms with van der Waals surface area (Å²) in [5.74, 6) is 0.910. The van der Waals surface area contributed by atoms with Gasteiger partial charge in [-0.2, -0.15) is 0 Å². The first-order valence-electron chi connectivity index (χ1n) is 11.7. The zero-order valence-electron chi connectivity index (χ0n) is 21.3. The molecule has 0 saturated carbocycles. The first-order valence-corrected chi connectivity index (χ1v) is 12.7. The highest BCUT2D eigenvalue weighted by Crippen LogP contribution is 2.46. The second-order valence-electron chi connectivity index (χ2n) is 8.18. The van der Waals surface area contributed by atoms with Gasteiger partial charge in [0, 0.05) is 11.4 Å². The lowest BCUT2D eigenvalue weighted by atomic mass is 9.82. The summed E-state index contributed by atoms with van der Waals surface area (Å²) in [6, 6.07) is 13.4. The molecule has 9 nitrogen and oxygen atoms in total. The zero-order valence-corrected chi connectivity index (χ0v) is 22.2. The largest absolute Gasteiger partial charge is 0.493 e. The third-order valence-electron chi connectivity index (χ3n) is 5.95. The second kappa shape index (κ2) is 11.4. The Kier molecular flexibility index (Phi) is 8.08. The van der Waals surface area contributed by atoms with Gasteiger partial charge in [0.1, 0.15) is 5.82 Å². The molecule has 2 aromatic carbocycles. The quantitative estimate of drug-likeness (QED) is 0.238. The van der Waals surface area contributed by atoms with Crippen molar-refractivity contribution in [3.8, 4) is 17.2 Å². The van der Waals surface area contributed by atoms with Gasteiger partial charge in [-0.05, 0) is 37.1 Å². The van der Waals surface area contributed by atoms with E-state index in [1.54, 1.807) is 26.0 Å². The monoisotopic (exact) mass is 523 g/mol. The molecule has 0 saturated heterocycles. The molecule has 194 valence electrons. The fourth-order valence-electron chi connectivity index (χ4n) is 4.31. The van der Waals surface area contributed by atoms with Crippen LogP contribution >= 0.6 is 11.8 Å². The Morgan fingerprint density at radius 3 is 2.32 bits per heavy atom. The third kappa shape index (κ3) is 5.29. The predicted molar refractivity (Wildman–Crippen MR) is 142 cm³/mol. The number of hydrogen-bond acceptors (Lipinski definition) is 9. The molecule has 37 heavy (non-hydrogen) atoms. The maximum atomic E-state index is 13.5. The number of carbonyl (C=O) groups excluding carboxylic acids is 1. The van der Waals surface area contributed by atoms with Gasteiger partial charge in [-0.1, -0.05) is 42.1 Å². The molecule has 0 radical (unpaired) electrons. The van der Waals surface area contributed by atoms with Crippen molar-refractivity contribution >= 4 is 23.5 Å². The van der Waals surface area contributed by atoms with Gasteiger partial charge in [0.25, 0.3) is 5.56 Å². The number of nitrogens with zero attached hydrogens (tertiary/aromatic N) is 1. The number of thioether (sulfide) groups is 1. The Balaban J connectivity index is 1.85. The van der Waals surface area contributed by atoms with Crippen LogP contribution in [-0.2, 0) is 15.3 Å². The summed E-state index contributed by atoms with van der Waals surface area (Å²) in [5, 5.41) is 3.62. The molecule has 1 unspecified atom stereocenters. The Labute approximate surface area is 219 Å². The van der Waals surface area contributed by atoms with Crippen LogP contribution in [0.3, 0.4) is 0 Å². The van der Waals surface area contributed by atoms with Crippen LogP contribution in [0.2, 0.25) is 0 Å². The molecule has 2 heterocycles. The highest BCUT2D eigenvalue weighted by Gasteiger charge is 2.37. The molecule has 0 fully saturated rings. The fraction of sp³-hybridized carbons (Fsp3) is 0.296. The van der Waals surface area contributed by atoms with Crippen LogP contribution in [0.25, 0.3) is 0 Å². The standard InChI is InChI=1S/C27H29N3O6S/c1-6-36-26(32)20-15(2)28-24-22(21(20)17-12-18(33-3)23(35-5)19(13-17)34-4)25(31)30-27(29-24)37-14-16-10-8-7-9-11-16/h7-13,21H,6,14H2,1-5H3,(H2,28,29,30,31). The number of ether oxygens (including phenoxy) is 4. The summed E-state index contributed by atoms with van der Waals surface area (Å²) in [6.07, 6.45) is 0. The molecular weight excluding hydrogens is 494 g/mol. The molecule has 1 aliphatic heterocycles. The van der Waals surface area contributed by atoms with Crippen molar-refractivity contribution in [2.75, 3.05) is 33.3 Å². The van der Waals surface area contributed by atoms with E-state index in [-0.39, 0.29) is 12.2 Å². The van der Waals surface area contributed by atoms with E-state index in [1.165, 1.54) is 33.1 Å². The molecule has 1 aromatic heterocycles. The summed E-state index contributed by atoms with van der Waals surface area (Å²) < 4.78 is 21.9. The molecule has 0 spiro atoms. The summed E-state index contributed by atoms with van der Waals surface area (Å²) in [6.45, 7) is 3.69. The molecule has 4 rings (SSSR count). The number of hydrogen-bond donors (Lipinski definition) is 2. The average molecular weight is 524 g/mol. The van der Waals surface area contributed by atoms with Crippen molar-refractivity contribution in [1.29, 1.82) is 0 Å². The van der Waals surface area contributed by atoms with E-state index in [9.17, 15) is 9.59 Å². The Bertz CT molecular complexity index is 1360. The van der Waals surface area contributed by atoms with E-state index in [0.717, 1.165) is 5.56 Å². The molecule has 0 aliphatic carbocycles. The average Bonchev–Trinajstić information content (AvgIpc) is 2.90. The lowest BCUT2D eigenvalue weighted by molar-refractivity contribution is -0.138. The molecule has 2 N–H and O–H groups in total. The number of esters is 1. The van der Waals surface area contributed by atoms with Crippen LogP contribution in [-0.4, -0.2) is 43.9 Å². The Hall–Kier alpha value is -3.92. The van der Waals surface area contributed by atoms with Gasteiger partial charge >= 0.3 is 5.97 Å². The van der Waals surface area contributed by atoms with Crippen molar-refractivity contribution in [3.05, 3.63) is 80.8 Å². The second-order valence-corrected chi connectivity index (χ2v) is 9.15. The number of anilines is 1. The van der Waals surface area contributed by atoms with Gasteiger partial charge in [-0.15, -0.1) is 0 Å². The number of carbonyl (C=O) groups is 1. The summed E-state index contributed by atoms with van der Waals surface area (Å²) in [4.78, 5) is 34.2. The van der Waals surface area contributed by atoms with Gasteiger partial charge in [0.2, 0.25) is 5.75 Å². The smallest absolute Gasteiger partial charge is 0.336 e. The summed E-state index contributed by atoms with van der Waals surface area (Å²) in [5.41, 5.74) is 2.49. The minimum atomic E-state index is -0.784. The first-order chi connectivity index (χ1) is 17.9. The van der Waals surface area contributed by atoms with Gasteiger partial charge < -0.3 is 29.2 Å². The van der Waals surface area contributed by atoms with E-state index in [4.69, 9.17) is 23.9 Å². The maximum Gasteiger partial charge on any atom is 0.336 e. The molecule has 0 bridgehead atoms. The normalized spacial score (nSPS) is 14.5. The van der Waals surface area contributed by atoms with Crippen molar-refractivity contribution < 1.29 is 23.7 Å². The molecule has 1 aliphatic rings. The molecule has 0 amide bonds. The van der Waals surface area contributed by atoms with Crippen molar-refractivity contribution in [3.63, 3.8) is 0 Å². The van der Waals surface area contributed by atoms with Crippen LogP contribution in [0.5, 0.6) is 17.2 Å². The number of benzene rings is 2. The van der Waals surface area contributed by atoms with E-state index >= 15 is 0 Å². The van der Waals surface area contributed by atoms with Crippen LogP contribution < -0.4 is 25.1 Å². The minimum Gasteiger partial charge on any atom is -0.493 e. The zero-order chi connectivity index (χ0) is 26.5. The summed E-state index contributed by atoms with van der Waals surface area (Å²) in [7, 11) is 4.53. The van der Waals surface area contributed by atoms with Crippen LogP contribution in [0.1, 0.15) is 36.5 Å². The molecule has 3 aromatic rings. The van der Waals surface area contributed by atoms with Crippen molar-refractivity contribution in [2.45, 2.75) is 30.7 Å². The van der Waals surface area contributed by atoms with Gasteiger partial charge in [-0.25, -0.2) is 9.78 Å². The molecule has 10 heteroatoms. The number of H-pyrrole nitrogens is 1. The third-order valence-corrected chi connectivity index (χ3v) is 6.90. The van der Waals surface area contributed by atoms with E-state index in [2.05, 4.69) is 10.3 Å². The Morgan fingerprint density at radius 1 is 1.05 bits per heavy atom. The number of methoxy groups -OCH3 is 3. The highest BCUT2D eigenvalue weighted by molar-refractivity contribution is 7.98. The lowest BCUT2D eigenvalue weighted by Gasteiger charge is -2.29. The van der Waals surface area contributed by atoms with E-state index in [1.807, 2.05) is 30.3 Å². The SMILES string of the molecule is CCOC(=O)C1=C(C)Nc2nc(SCc3ccccc3)[nH]c(=O)c2C1c1cc(OC)c(OC)c(OC)c1. The molecule has 1 atom stereocenters. The summed E-state index contributed by atoms with van der Waals surface area (Å²) >= 11 is 1.42.